The zero-order valence-electron chi connectivity index (χ0n) is 8.06. The van der Waals surface area contributed by atoms with Gasteiger partial charge in [0.1, 0.15) is 6.54 Å². The van der Waals surface area contributed by atoms with Crippen LogP contribution < -0.4 is 0 Å². The molecule has 0 aliphatic rings. The van der Waals surface area contributed by atoms with Crippen molar-refractivity contribution in [3.8, 4) is 0 Å². The van der Waals surface area contributed by atoms with Gasteiger partial charge in [-0.2, -0.15) is 0 Å². The molecule has 0 radical (unpaired) electrons. The highest BCUT2D eigenvalue weighted by molar-refractivity contribution is 9.09. The molecule has 0 aromatic heterocycles. The quantitative estimate of drug-likeness (QED) is 0.550. The zero-order valence-corrected chi connectivity index (χ0v) is 10.5. The van der Waals surface area contributed by atoms with Gasteiger partial charge >= 0.3 is 5.97 Å². The van der Waals surface area contributed by atoms with Gasteiger partial charge in [0.25, 0.3) is 0 Å². The smallest absolute Gasteiger partial charge is 0.323 e. The van der Waals surface area contributed by atoms with Gasteiger partial charge in [-0.05, 0) is 16.1 Å². The van der Waals surface area contributed by atoms with Gasteiger partial charge in [-0.1, -0.05) is 21.6 Å². The third-order valence-electron chi connectivity index (χ3n) is 1.31. The monoisotopic (exact) mass is 255 g/mol. The van der Waals surface area contributed by atoms with Crippen LogP contribution in [0.2, 0.25) is 0 Å². The Kier molecular flexibility index (Phi) is 8.30. The van der Waals surface area contributed by atoms with E-state index in [1.54, 1.807) is 31.4 Å². The number of carbonyl (C=O) groups excluding carboxylic acids is 1. The standard InChI is InChI=1S/C7H13NO3S3/c1-8(5-7(10)11)6(9)3-4-13-14-12-2/h3-5H2,1-2H3,(H,10,11). The topological polar surface area (TPSA) is 57.6 Å². The van der Waals surface area contributed by atoms with E-state index >= 15 is 0 Å². The molecule has 0 unspecified atom stereocenters. The molecule has 14 heavy (non-hydrogen) atoms. The molecule has 0 rings (SSSR count). The Labute approximate surface area is 95.0 Å². The second-order valence-corrected chi connectivity index (χ2v) is 6.90. The van der Waals surface area contributed by atoms with Crippen molar-refractivity contribution in [2.45, 2.75) is 6.42 Å². The highest BCUT2D eigenvalue weighted by atomic mass is 33.5. The number of nitrogens with zero attached hydrogens (tertiary/aromatic N) is 1. The molecular weight excluding hydrogens is 242 g/mol. The van der Waals surface area contributed by atoms with E-state index in [0.717, 1.165) is 0 Å². The lowest BCUT2D eigenvalue weighted by molar-refractivity contribution is -0.143. The number of hydrogen-bond donors (Lipinski definition) is 1. The lowest BCUT2D eigenvalue weighted by atomic mass is 10.4. The molecule has 0 aromatic rings. The van der Waals surface area contributed by atoms with Crippen LogP contribution >= 0.6 is 31.4 Å². The Morgan fingerprint density at radius 1 is 1.43 bits per heavy atom. The summed E-state index contributed by atoms with van der Waals surface area (Å²) in [4.78, 5) is 22.8. The highest BCUT2D eigenvalue weighted by Gasteiger charge is 2.11. The first-order valence-corrected chi connectivity index (χ1v) is 7.92. The summed E-state index contributed by atoms with van der Waals surface area (Å²) in [6.45, 7) is -0.223. The summed E-state index contributed by atoms with van der Waals surface area (Å²) in [5.74, 6) is -0.387. The van der Waals surface area contributed by atoms with E-state index in [1.807, 2.05) is 6.26 Å². The van der Waals surface area contributed by atoms with Gasteiger partial charge in [-0.15, -0.1) is 0 Å². The van der Waals surface area contributed by atoms with Crippen LogP contribution in [0.25, 0.3) is 0 Å². The molecule has 4 nitrogen and oxygen atoms in total. The fourth-order valence-electron chi connectivity index (χ4n) is 0.693. The molecule has 0 saturated carbocycles. The summed E-state index contributed by atoms with van der Waals surface area (Å²) in [5, 5.41) is 8.44. The molecular formula is C7H13NO3S3. The second-order valence-electron chi connectivity index (χ2n) is 2.45. The molecule has 0 heterocycles. The fourth-order valence-corrected chi connectivity index (χ4v) is 3.34. The predicted octanol–water partition coefficient (Wildman–Crippen LogP) is 1.58. The second kappa shape index (κ2) is 8.31. The first-order chi connectivity index (χ1) is 6.57. The summed E-state index contributed by atoms with van der Waals surface area (Å²) in [5.41, 5.74) is 0. The molecule has 0 spiro atoms. The van der Waals surface area contributed by atoms with Gasteiger partial charge in [0, 0.05) is 19.2 Å². The molecule has 7 heteroatoms. The average Bonchev–Trinajstić information content (AvgIpc) is 2.11. The number of rotatable bonds is 7. The largest absolute Gasteiger partial charge is 0.480 e. The average molecular weight is 255 g/mol. The summed E-state index contributed by atoms with van der Waals surface area (Å²) >= 11 is 0. The molecule has 0 fully saturated rings. The highest BCUT2D eigenvalue weighted by Crippen LogP contribution is 2.32. The van der Waals surface area contributed by atoms with Crippen molar-refractivity contribution in [1.82, 2.24) is 4.90 Å². The number of aliphatic carboxylic acids is 1. The number of carbonyl (C=O) groups is 2. The molecule has 0 atom stereocenters. The van der Waals surface area contributed by atoms with Gasteiger partial charge in [0.2, 0.25) is 5.91 Å². The zero-order chi connectivity index (χ0) is 11.0. The number of hydrogen-bond acceptors (Lipinski definition) is 5. The van der Waals surface area contributed by atoms with Crippen molar-refractivity contribution >= 4 is 43.3 Å². The third kappa shape index (κ3) is 7.40. The van der Waals surface area contributed by atoms with Crippen LogP contribution in [0.4, 0.5) is 0 Å². The fraction of sp³-hybridized carbons (Fsp3) is 0.714. The molecule has 0 aromatic carbocycles. The van der Waals surface area contributed by atoms with Gasteiger partial charge in [-0.25, -0.2) is 0 Å². The van der Waals surface area contributed by atoms with Crippen molar-refractivity contribution in [3.63, 3.8) is 0 Å². The Morgan fingerprint density at radius 2 is 2.07 bits per heavy atom. The van der Waals surface area contributed by atoms with Crippen LogP contribution in [0, 0.1) is 0 Å². The van der Waals surface area contributed by atoms with E-state index in [1.165, 1.54) is 11.9 Å². The molecule has 82 valence electrons. The summed E-state index contributed by atoms with van der Waals surface area (Å²) in [7, 11) is 6.36. The van der Waals surface area contributed by atoms with Crippen LogP contribution in [-0.2, 0) is 9.59 Å². The van der Waals surface area contributed by atoms with Crippen LogP contribution in [0.15, 0.2) is 0 Å². The number of amides is 1. The minimum absolute atomic E-state index is 0.124. The summed E-state index contributed by atoms with van der Waals surface area (Å²) in [6, 6.07) is 0. The predicted molar refractivity (Wildman–Crippen MR) is 63.5 cm³/mol. The van der Waals surface area contributed by atoms with Gasteiger partial charge in [0.15, 0.2) is 0 Å². The first kappa shape index (κ1) is 14.0. The van der Waals surface area contributed by atoms with E-state index in [4.69, 9.17) is 5.11 Å². The maximum atomic E-state index is 11.3. The minimum Gasteiger partial charge on any atom is -0.480 e. The van der Waals surface area contributed by atoms with Crippen molar-refractivity contribution in [3.05, 3.63) is 0 Å². The van der Waals surface area contributed by atoms with E-state index < -0.39 is 5.97 Å². The molecule has 0 bridgehead atoms. The van der Waals surface area contributed by atoms with Gasteiger partial charge in [0.05, 0.1) is 0 Å². The Morgan fingerprint density at radius 3 is 2.57 bits per heavy atom. The van der Waals surface area contributed by atoms with Gasteiger partial charge in [-0.3, -0.25) is 9.59 Å². The first-order valence-electron chi connectivity index (χ1n) is 3.86. The Hall–Kier alpha value is -0.0100. The van der Waals surface area contributed by atoms with E-state index in [0.29, 0.717) is 12.2 Å². The van der Waals surface area contributed by atoms with Crippen LogP contribution in [0.1, 0.15) is 6.42 Å². The van der Waals surface area contributed by atoms with Crippen LogP contribution in [0.5, 0.6) is 0 Å². The number of carboxylic acids is 1. The van der Waals surface area contributed by atoms with Crippen molar-refractivity contribution < 1.29 is 14.7 Å². The van der Waals surface area contributed by atoms with E-state index in [2.05, 4.69) is 0 Å². The number of carboxylic acid groups (broad SMARTS) is 1. The van der Waals surface area contributed by atoms with Crippen molar-refractivity contribution in [2.24, 2.45) is 0 Å². The molecule has 1 amide bonds. The maximum Gasteiger partial charge on any atom is 0.323 e. The summed E-state index contributed by atoms with van der Waals surface area (Å²) in [6.07, 6.45) is 2.36. The number of likely N-dealkylation sites (N-methyl/N-ethyl adjacent to an activating group) is 1. The van der Waals surface area contributed by atoms with E-state index in [9.17, 15) is 9.59 Å². The van der Waals surface area contributed by atoms with Gasteiger partial charge < -0.3 is 10.0 Å². The minimum atomic E-state index is -0.980. The lowest BCUT2D eigenvalue weighted by Crippen LogP contribution is -2.32. The molecule has 0 aliphatic heterocycles. The molecule has 0 aliphatic carbocycles. The molecule has 1 N–H and O–H groups in total. The van der Waals surface area contributed by atoms with Crippen LogP contribution in [-0.4, -0.2) is 47.5 Å². The summed E-state index contributed by atoms with van der Waals surface area (Å²) < 4.78 is 0. The Bertz CT molecular complexity index is 201. The van der Waals surface area contributed by atoms with E-state index in [-0.39, 0.29) is 12.5 Å². The normalized spacial score (nSPS) is 9.86. The third-order valence-corrected chi connectivity index (χ3v) is 5.20. The molecule has 0 saturated heterocycles. The maximum absolute atomic E-state index is 11.3. The lowest BCUT2D eigenvalue weighted by Gasteiger charge is -2.13. The Balaban J connectivity index is 3.57. The SMILES string of the molecule is CSSSCCC(=O)N(C)CC(=O)O. The van der Waals surface area contributed by atoms with Crippen molar-refractivity contribution in [1.29, 1.82) is 0 Å². The van der Waals surface area contributed by atoms with Crippen LogP contribution in [0.3, 0.4) is 0 Å². The van der Waals surface area contributed by atoms with Crippen molar-refractivity contribution in [2.75, 3.05) is 25.6 Å².